The smallest absolute Gasteiger partial charge is 0.234 e. The number of carbonyl (C=O) groups excluding carboxylic acids is 1. The Balaban J connectivity index is 1.37. The summed E-state index contributed by atoms with van der Waals surface area (Å²) in [7, 11) is 0. The van der Waals surface area contributed by atoms with E-state index in [1.165, 1.54) is 0 Å². The maximum Gasteiger partial charge on any atom is 0.234 e. The summed E-state index contributed by atoms with van der Waals surface area (Å²) in [6.45, 7) is 8.07. The number of likely N-dealkylation sites (tertiary alicyclic amines) is 1. The molecule has 0 aromatic heterocycles. The highest BCUT2D eigenvalue weighted by Crippen LogP contribution is 2.26. The molecule has 2 N–H and O–H groups in total. The molecule has 0 radical (unpaired) electrons. The van der Waals surface area contributed by atoms with Crippen LogP contribution in [0.3, 0.4) is 0 Å². The number of anilines is 1. The molecule has 0 spiro atoms. The molecule has 1 amide bonds. The predicted molar refractivity (Wildman–Crippen MR) is 127 cm³/mol. The van der Waals surface area contributed by atoms with Crippen molar-refractivity contribution in [1.29, 1.82) is 0 Å². The van der Waals surface area contributed by atoms with Crippen LogP contribution in [0.4, 0.5) is 5.69 Å². The van der Waals surface area contributed by atoms with Crippen LogP contribution < -0.4 is 15.9 Å². The molecule has 2 fully saturated rings. The summed E-state index contributed by atoms with van der Waals surface area (Å²) in [5.41, 5.74) is 2.92. The highest BCUT2D eigenvalue weighted by atomic mass is 16.5. The first kappa shape index (κ1) is 22.4. The van der Waals surface area contributed by atoms with Crippen molar-refractivity contribution in [2.45, 2.75) is 38.6 Å². The first-order valence-electron chi connectivity index (χ1n) is 12.0. The van der Waals surface area contributed by atoms with Crippen LogP contribution >= 0.6 is 0 Å². The second-order valence-electron chi connectivity index (χ2n) is 9.41. The monoisotopic (exact) mass is 451 g/mol. The lowest BCUT2D eigenvalue weighted by molar-refractivity contribution is -0.120. The van der Waals surface area contributed by atoms with E-state index in [1.54, 1.807) is 0 Å². The van der Waals surface area contributed by atoms with Crippen molar-refractivity contribution in [3.05, 3.63) is 40.4 Å². The predicted octanol–water partition coefficient (Wildman–Crippen LogP) is 0.519. The Morgan fingerprint density at radius 2 is 2.00 bits per heavy atom. The van der Waals surface area contributed by atoms with Crippen molar-refractivity contribution in [3.63, 3.8) is 0 Å². The maximum absolute atomic E-state index is 13.5. The van der Waals surface area contributed by atoms with Gasteiger partial charge in [-0.1, -0.05) is 11.6 Å². The fourth-order valence-corrected chi connectivity index (χ4v) is 5.16. The number of fused-ring (bicyclic) bond motifs is 1. The van der Waals surface area contributed by atoms with E-state index < -0.39 is 6.23 Å². The van der Waals surface area contributed by atoms with E-state index >= 15 is 0 Å². The van der Waals surface area contributed by atoms with Gasteiger partial charge in [-0.3, -0.25) is 24.6 Å². The van der Waals surface area contributed by atoms with Gasteiger partial charge in [-0.25, -0.2) is 0 Å². The van der Waals surface area contributed by atoms with Crippen LogP contribution in [0.1, 0.15) is 26.2 Å². The average Bonchev–Trinajstić information content (AvgIpc) is 3.35. The van der Waals surface area contributed by atoms with Gasteiger partial charge in [-0.2, -0.15) is 0 Å². The van der Waals surface area contributed by atoms with E-state index in [-0.39, 0.29) is 18.0 Å². The third-order valence-corrected chi connectivity index (χ3v) is 6.94. The lowest BCUT2D eigenvalue weighted by atomic mass is 9.97. The van der Waals surface area contributed by atoms with E-state index in [0.29, 0.717) is 6.42 Å². The zero-order valence-electron chi connectivity index (χ0n) is 19.2. The number of benzene rings is 1. The number of aliphatic imine (C=N–C) groups is 1. The zero-order valence-corrected chi connectivity index (χ0v) is 19.2. The maximum atomic E-state index is 13.5. The van der Waals surface area contributed by atoms with Crippen LogP contribution in [-0.4, -0.2) is 85.4 Å². The van der Waals surface area contributed by atoms with Crippen molar-refractivity contribution in [2.75, 3.05) is 51.3 Å². The Labute approximate surface area is 194 Å². The minimum Gasteiger partial charge on any atom is -0.379 e. The van der Waals surface area contributed by atoms with Gasteiger partial charge in [0, 0.05) is 56.3 Å². The van der Waals surface area contributed by atoms with Gasteiger partial charge in [0.15, 0.2) is 0 Å². The SMILES string of the molecule is CC1=c2cc(NC(=O)C3C=C(CN4CCOCC4)C=NC3N3CCCC3)ccc2=NC(O)C1. The second kappa shape index (κ2) is 9.85. The quantitative estimate of drug-likeness (QED) is 0.681. The summed E-state index contributed by atoms with van der Waals surface area (Å²) in [6.07, 6.45) is 6.06. The number of hydrogen-bond acceptors (Lipinski definition) is 7. The van der Waals surface area contributed by atoms with Gasteiger partial charge in [-0.15, -0.1) is 0 Å². The van der Waals surface area contributed by atoms with E-state index in [1.807, 2.05) is 31.3 Å². The number of rotatable bonds is 5. The summed E-state index contributed by atoms with van der Waals surface area (Å²) in [6, 6.07) is 5.70. The van der Waals surface area contributed by atoms with Gasteiger partial charge in [0.1, 0.15) is 12.4 Å². The summed E-state index contributed by atoms with van der Waals surface area (Å²) >= 11 is 0. The van der Waals surface area contributed by atoms with Gasteiger partial charge in [0.05, 0.1) is 24.5 Å². The van der Waals surface area contributed by atoms with Gasteiger partial charge in [0.2, 0.25) is 5.91 Å². The lowest BCUT2D eigenvalue weighted by Crippen LogP contribution is -2.45. The third-order valence-electron chi connectivity index (χ3n) is 6.94. The van der Waals surface area contributed by atoms with Crippen LogP contribution in [0, 0.1) is 5.92 Å². The Morgan fingerprint density at radius 3 is 2.79 bits per heavy atom. The highest BCUT2D eigenvalue weighted by Gasteiger charge is 2.34. The molecule has 0 aliphatic carbocycles. The van der Waals surface area contributed by atoms with Crippen molar-refractivity contribution in [3.8, 4) is 0 Å². The van der Waals surface area contributed by atoms with E-state index in [4.69, 9.17) is 9.73 Å². The molecular formula is C25H33N5O3. The van der Waals surface area contributed by atoms with Gasteiger partial charge in [0.25, 0.3) is 0 Å². The fourth-order valence-electron chi connectivity index (χ4n) is 5.16. The number of morpholine rings is 1. The van der Waals surface area contributed by atoms with Crippen LogP contribution in [0.5, 0.6) is 0 Å². The summed E-state index contributed by atoms with van der Waals surface area (Å²) in [4.78, 5) is 27.4. The molecule has 4 heterocycles. The average molecular weight is 452 g/mol. The lowest BCUT2D eigenvalue weighted by Gasteiger charge is -2.33. The van der Waals surface area contributed by atoms with Crippen molar-refractivity contribution >= 4 is 23.4 Å². The first-order valence-corrected chi connectivity index (χ1v) is 12.0. The van der Waals surface area contributed by atoms with Crippen molar-refractivity contribution in [2.24, 2.45) is 15.9 Å². The number of ether oxygens (including phenoxy) is 1. The second-order valence-corrected chi connectivity index (χ2v) is 9.41. The van der Waals surface area contributed by atoms with Gasteiger partial charge in [-0.05, 0) is 43.5 Å². The Hall–Kier alpha value is -2.39. The molecule has 2 saturated heterocycles. The standard InChI is InChI=1S/C25H33N5O3/c1-17-12-23(31)28-22-5-4-19(14-20(17)22)27-25(32)21-13-18(16-29-8-10-33-11-9-29)15-26-24(21)30-6-2-3-7-30/h4-5,13-15,21,23-24,31H,2-3,6-12,16H2,1H3,(H,27,32). The number of nitrogens with one attached hydrogen (secondary N) is 1. The molecule has 0 bridgehead atoms. The number of dihydropyridines is 1. The van der Waals surface area contributed by atoms with E-state index in [2.05, 4.69) is 26.2 Å². The van der Waals surface area contributed by atoms with Crippen LogP contribution in [0.25, 0.3) is 5.57 Å². The number of hydrogen-bond donors (Lipinski definition) is 2. The van der Waals surface area contributed by atoms with Crippen LogP contribution in [0.15, 0.2) is 39.8 Å². The molecule has 33 heavy (non-hydrogen) atoms. The molecule has 8 heteroatoms. The highest BCUT2D eigenvalue weighted by molar-refractivity contribution is 5.96. The molecular weight excluding hydrogens is 418 g/mol. The topological polar surface area (TPSA) is 89.8 Å². The molecule has 1 aromatic carbocycles. The molecule has 4 aliphatic heterocycles. The van der Waals surface area contributed by atoms with E-state index in [0.717, 1.165) is 86.2 Å². The normalized spacial score (nSPS) is 28.2. The molecule has 5 rings (SSSR count). The van der Waals surface area contributed by atoms with Crippen molar-refractivity contribution < 1.29 is 14.6 Å². The summed E-state index contributed by atoms with van der Waals surface area (Å²) < 4.78 is 5.46. The number of carbonyl (C=O) groups is 1. The van der Waals surface area contributed by atoms with E-state index in [9.17, 15) is 9.90 Å². The molecule has 0 saturated carbocycles. The van der Waals surface area contributed by atoms with Crippen LogP contribution in [0.2, 0.25) is 0 Å². The molecule has 3 unspecified atom stereocenters. The first-order chi connectivity index (χ1) is 16.1. The Bertz CT molecular complexity index is 1070. The molecule has 176 valence electrons. The third kappa shape index (κ3) is 5.09. The molecule has 8 nitrogen and oxygen atoms in total. The number of aliphatic hydroxyl groups excluding tert-OH is 1. The fraction of sp³-hybridized carbons (Fsp3) is 0.560. The Morgan fingerprint density at radius 1 is 1.21 bits per heavy atom. The minimum absolute atomic E-state index is 0.0337. The molecule has 1 aromatic rings. The minimum atomic E-state index is -0.686. The summed E-state index contributed by atoms with van der Waals surface area (Å²) in [5.74, 6) is -0.370. The molecule has 3 atom stereocenters. The van der Waals surface area contributed by atoms with Crippen LogP contribution in [-0.2, 0) is 9.53 Å². The van der Waals surface area contributed by atoms with Gasteiger partial charge < -0.3 is 15.2 Å². The van der Waals surface area contributed by atoms with Crippen molar-refractivity contribution in [1.82, 2.24) is 9.80 Å². The number of nitrogens with zero attached hydrogens (tertiary/aromatic N) is 4. The molecule has 4 aliphatic rings. The Kier molecular flexibility index (Phi) is 6.69. The van der Waals surface area contributed by atoms with Gasteiger partial charge >= 0.3 is 0 Å². The summed E-state index contributed by atoms with van der Waals surface area (Å²) in [5, 5.41) is 14.8. The number of aliphatic hydroxyl groups is 1. The number of amides is 1. The largest absolute Gasteiger partial charge is 0.379 e. The zero-order chi connectivity index (χ0) is 22.8.